The molecule has 3 nitrogen and oxygen atoms in total. The van der Waals surface area contributed by atoms with Crippen LogP contribution in [0.25, 0.3) is 11.0 Å². The van der Waals surface area contributed by atoms with Gasteiger partial charge in [0.05, 0.1) is 12.9 Å². The first-order valence-electron chi connectivity index (χ1n) is 3.78. The van der Waals surface area contributed by atoms with Gasteiger partial charge in [0.15, 0.2) is 0 Å². The third-order valence-electron chi connectivity index (χ3n) is 1.86. The van der Waals surface area contributed by atoms with Gasteiger partial charge in [0, 0.05) is 17.0 Å². The van der Waals surface area contributed by atoms with Crippen molar-refractivity contribution in [1.29, 1.82) is 0 Å². The number of hydrogen-bond donors (Lipinski definition) is 1. The number of rotatable bonds is 2. The minimum Gasteiger partial charge on any atom is -0.464 e. The minimum absolute atomic E-state index is 0.263. The molecule has 0 aliphatic carbocycles. The molecule has 13 heavy (non-hydrogen) atoms. The number of halogens is 1. The second-order valence-corrected chi connectivity index (χ2v) is 2.71. The van der Waals surface area contributed by atoms with E-state index in [1.807, 2.05) is 0 Å². The molecule has 0 spiro atoms. The lowest BCUT2D eigenvalue weighted by Gasteiger charge is -1.93. The van der Waals surface area contributed by atoms with Crippen molar-refractivity contribution < 1.29 is 13.6 Å². The highest BCUT2D eigenvalue weighted by Gasteiger charge is 2.05. The van der Waals surface area contributed by atoms with Crippen molar-refractivity contribution in [1.82, 2.24) is 0 Å². The van der Waals surface area contributed by atoms with Crippen LogP contribution in [0, 0.1) is 5.82 Å². The molecule has 1 aromatic heterocycles. The summed E-state index contributed by atoms with van der Waals surface area (Å²) < 4.78 is 17.8. The first-order chi connectivity index (χ1) is 6.31. The Morgan fingerprint density at radius 2 is 2.31 bits per heavy atom. The van der Waals surface area contributed by atoms with Crippen molar-refractivity contribution >= 4 is 11.0 Å². The zero-order valence-electron chi connectivity index (χ0n) is 6.79. The van der Waals surface area contributed by atoms with E-state index in [0.717, 1.165) is 10.9 Å². The van der Waals surface area contributed by atoms with Crippen LogP contribution in [0.1, 0.15) is 5.56 Å². The zero-order chi connectivity index (χ0) is 9.26. The predicted molar refractivity (Wildman–Crippen MR) is 45.1 cm³/mol. The van der Waals surface area contributed by atoms with E-state index < -0.39 is 0 Å². The number of furan rings is 1. The highest BCUT2D eigenvalue weighted by atomic mass is 19.1. The minimum atomic E-state index is -0.318. The number of nitrogens with two attached hydrogens (primary N) is 1. The molecule has 4 heteroatoms. The molecule has 1 heterocycles. The highest BCUT2D eigenvalue weighted by Crippen LogP contribution is 2.22. The summed E-state index contributed by atoms with van der Waals surface area (Å²) in [5, 5.41) is 0.826. The topological polar surface area (TPSA) is 48.4 Å². The van der Waals surface area contributed by atoms with Crippen LogP contribution < -0.4 is 5.90 Å². The average Bonchev–Trinajstić information content (AvgIpc) is 2.49. The van der Waals surface area contributed by atoms with Crippen molar-refractivity contribution in [2.75, 3.05) is 0 Å². The first-order valence-corrected chi connectivity index (χ1v) is 3.78. The Morgan fingerprint density at radius 3 is 3.08 bits per heavy atom. The van der Waals surface area contributed by atoms with E-state index in [1.165, 1.54) is 18.4 Å². The molecule has 0 unspecified atom stereocenters. The summed E-state index contributed by atoms with van der Waals surface area (Å²) in [6.45, 7) is 0.263. The number of hydrogen-bond acceptors (Lipinski definition) is 3. The summed E-state index contributed by atoms with van der Waals surface area (Å²) in [4.78, 5) is 4.47. The van der Waals surface area contributed by atoms with E-state index in [0.29, 0.717) is 5.58 Å². The molecule has 0 fully saturated rings. The van der Waals surface area contributed by atoms with E-state index in [1.54, 1.807) is 6.07 Å². The summed E-state index contributed by atoms with van der Waals surface area (Å²) in [5.41, 5.74) is 1.32. The monoisotopic (exact) mass is 181 g/mol. The number of benzene rings is 1. The Labute approximate surface area is 73.8 Å². The van der Waals surface area contributed by atoms with Gasteiger partial charge in [0.25, 0.3) is 0 Å². The van der Waals surface area contributed by atoms with Crippen LogP contribution in [0.4, 0.5) is 4.39 Å². The molecule has 0 saturated heterocycles. The van der Waals surface area contributed by atoms with Crippen LogP contribution in [0.2, 0.25) is 0 Å². The molecule has 0 saturated carbocycles. The molecular formula is C9H8FNO2. The molecule has 2 rings (SSSR count). The van der Waals surface area contributed by atoms with Gasteiger partial charge < -0.3 is 4.42 Å². The zero-order valence-corrected chi connectivity index (χ0v) is 6.79. The molecule has 0 aliphatic rings. The van der Waals surface area contributed by atoms with Crippen LogP contribution in [-0.4, -0.2) is 0 Å². The van der Waals surface area contributed by atoms with Crippen LogP contribution in [0.3, 0.4) is 0 Å². The Morgan fingerprint density at radius 1 is 1.46 bits per heavy atom. The molecular weight excluding hydrogens is 173 g/mol. The van der Waals surface area contributed by atoms with Gasteiger partial charge in [-0.2, -0.15) is 0 Å². The fourth-order valence-corrected chi connectivity index (χ4v) is 1.26. The fraction of sp³-hybridized carbons (Fsp3) is 0.111. The predicted octanol–water partition coefficient (Wildman–Crippen LogP) is 1.96. The molecule has 2 aromatic rings. The first kappa shape index (κ1) is 8.22. The summed E-state index contributed by atoms with van der Waals surface area (Å²) >= 11 is 0. The third-order valence-corrected chi connectivity index (χ3v) is 1.86. The van der Waals surface area contributed by atoms with E-state index in [4.69, 9.17) is 10.3 Å². The normalized spacial score (nSPS) is 10.9. The molecule has 2 N–H and O–H groups in total. The van der Waals surface area contributed by atoms with Gasteiger partial charge in [-0.3, -0.25) is 4.84 Å². The summed E-state index contributed by atoms with van der Waals surface area (Å²) in [6.07, 6.45) is 1.51. The van der Waals surface area contributed by atoms with Gasteiger partial charge in [-0.25, -0.2) is 10.3 Å². The number of fused-ring (bicyclic) bond motifs is 1. The second kappa shape index (κ2) is 3.16. The molecule has 0 amide bonds. The van der Waals surface area contributed by atoms with E-state index in [-0.39, 0.29) is 12.4 Å². The molecule has 0 radical (unpaired) electrons. The summed E-state index contributed by atoms with van der Waals surface area (Å²) in [7, 11) is 0. The molecule has 0 aliphatic heterocycles. The van der Waals surface area contributed by atoms with E-state index in [9.17, 15) is 4.39 Å². The van der Waals surface area contributed by atoms with Crippen LogP contribution >= 0.6 is 0 Å². The Hall–Kier alpha value is -1.39. The van der Waals surface area contributed by atoms with Gasteiger partial charge in [-0.05, 0) is 12.1 Å². The molecule has 68 valence electrons. The maximum absolute atomic E-state index is 12.7. The summed E-state index contributed by atoms with van der Waals surface area (Å²) in [6, 6.07) is 4.34. The van der Waals surface area contributed by atoms with Crippen molar-refractivity contribution in [3.05, 3.63) is 35.8 Å². The van der Waals surface area contributed by atoms with E-state index >= 15 is 0 Å². The lowest BCUT2D eigenvalue weighted by atomic mass is 10.2. The lowest BCUT2D eigenvalue weighted by molar-refractivity contribution is 0.124. The van der Waals surface area contributed by atoms with Crippen molar-refractivity contribution in [3.8, 4) is 0 Å². The van der Waals surface area contributed by atoms with Gasteiger partial charge in [-0.1, -0.05) is 0 Å². The standard InChI is InChI=1S/C9H8FNO2/c10-7-1-2-8-6(5-13-11)4-12-9(8)3-7/h1-4H,5,11H2. The second-order valence-electron chi connectivity index (χ2n) is 2.71. The Kier molecular flexibility index (Phi) is 2.00. The molecule has 1 aromatic carbocycles. The van der Waals surface area contributed by atoms with Crippen LogP contribution in [0.5, 0.6) is 0 Å². The van der Waals surface area contributed by atoms with Crippen molar-refractivity contribution in [2.45, 2.75) is 6.61 Å². The Bertz CT molecular complexity index is 424. The Balaban J connectivity index is 2.55. The van der Waals surface area contributed by atoms with Crippen molar-refractivity contribution in [3.63, 3.8) is 0 Å². The fourth-order valence-electron chi connectivity index (χ4n) is 1.26. The van der Waals surface area contributed by atoms with Crippen LogP contribution in [-0.2, 0) is 11.4 Å². The maximum atomic E-state index is 12.7. The summed E-state index contributed by atoms with van der Waals surface area (Å²) in [5.74, 6) is 4.61. The lowest BCUT2D eigenvalue weighted by Crippen LogP contribution is -1.97. The van der Waals surface area contributed by atoms with Gasteiger partial charge >= 0.3 is 0 Å². The third kappa shape index (κ3) is 1.41. The quantitative estimate of drug-likeness (QED) is 0.720. The van der Waals surface area contributed by atoms with Crippen molar-refractivity contribution in [2.24, 2.45) is 5.90 Å². The van der Waals surface area contributed by atoms with Gasteiger partial charge in [0.1, 0.15) is 11.4 Å². The van der Waals surface area contributed by atoms with E-state index in [2.05, 4.69) is 4.84 Å². The average molecular weight is 181 g/mol. The van der Waals surface area contributed by atoms with Gasteiger partial charge in [-0.15, -0.1) is 0 Å². The van der Waals surface area contributed by atoms with Gasteiger partial charge in [0.2, 0.25) is 0 Å². The largest absolute Gasteiger partial charge is 0.464 e. The molecule has 0 bridgehead atoms. The highest BCUT2D eigenvalue weighted by molar-refractivity contribution is 5.80. The molecule has 0 atom stereocenters. The maximum Gasteiger partial charge on any atom is 0.137 e. The smallest absolute Gasteiger partial charge is 0.137 e. The SMILES string of the molecule is NOCc1coc2cc(F)ccc12. The van der Waals surface area contributed by atoms with Crippen LogP contribution in [0.15, 0.2) is 28.9 Å².